The summed E-state index contributed by atoms with van der Waals surface area (Å²) < 4.78 is 36.4. The van der Waals surface area contributed by atoms with Crippen molar-refractivity contribution in [3.8, 4) is 0 Å². The first-order chi connectivity index (χ1) is 7.92. The summed E-state index contributed by atoms with van der Waals surface area (Å²) in [6, 6.07) is 3.60. The van der Waals surface area contributed by atoms with Gasteiger partial charge in [-0.25, -0.2) is 12.8 Å². The van der Waals surface area contributed by atoms with E-state index in [2.05, 4.69) is 0 Å². The number of aliphatic hydroxyl groups excluding tert-OH is 1. The van der Waals surface area contributed by atoms with E-state index in [0.29, 0.717) is 12.8 Å². The van der Waals surface area contributed by atoms with E-state index in [1.807, 2.05) is 0 Å². The molecule has 1 saturated heterocycles. The number of benzene rings is 1. The Kier molecular flexibility index (Phi) is 3.09. The first kappa shape index (κ1) is 12.3. The van der Waals surface area contributed by atoms with Crippen LogP contribution in [0.25, 0.3) is 0 Å². The van der Waals surface area contributed by atoms with Gasteiger partial charge in [-0.3, -0.25) is 0 Å². The number of nitrogens with two attached hydrogens (primary N) is 1. The Balaban J connectivity index is 2.37. The first-order valence-corrected chi connectivity index (χ1v) is 7.08. The molecule has 0 bridgehead atoms. The molecule has 4 nitrogen and oxygen atoms in total. The number of rotatable bonds is 2. The van der Waals surface area contributed by atoms with Crippen molar-refractivity contribution >= 4 is 15.5 Å². The van der Waals surface area contributed by atoms with E-state index in [9.17, 15) is 17.9 Å². The molecule has 0 saturated carbocycles. The summed E-state index contributed by atoms with van der Waals surface area (Å²) in [6.45, 7) is 0. The van der Waals surface area contributed by atoms with Crippen LogP contribution in [0.2, 0.25) is 0 Å². The Morgan fingerprint density at radius 2 is 2.18 bits per heavy atom. The van der Waals surface area contributed by atoms with Gasteiger partial charge in [0.15, 0.2) is 9.84 Å². The zero-order chi connectivity index (χ0) is 12.6. The summed E-state index contributed by atoms with van der Waals surface area (Å²) in [4.78, 5) is 0. The van der Waals surface area contributed by atoms with Crippen molar-refractivity contribution in [1.29, 1.82) is 0 Å². The van der Waals surface area contributed by atoms with Crippen LogP contribution in [0, 0.1) is 5.82 Å². The highest BCUT2D eigenvalue weighted by atomic mass is 32.2. The topological polar surface area (TPSA) is 80.4 Å². The number of hydrogen-bond donors (Lipinski definition) is 2. The molecule has 1 aliphatic heterocycles. The first-order valence-electron chi connectivity index (χ1n) is 5.36. The molecule has 0 spiro atoms. The smallest absolute Gasteiger partial charge is 0.156 e. The van der Waals surface area contributed by atoms with Crippen LogP contribution in [-0.4, -0.2) is 24.5 Å². The summed E-state index contributed by atoms with van der Waals surface area (Å²) in [5, 5.41) is 9.17. The monoisotopic (exact) mass is 259 g/mol. The molecule has 0 aromatic heterocycles. The normalized spacial score (nSPS) is 24.7. The maximum Gasteiger partial charge on any atom is 0.156 e. The fourth-order valence-corrected chi connectivity index (χ4v) is 4.11. The van der Waals surface area contributed by atoms with E-state index >= 15 is 0 Å². The molecule has 1 aromatic rings. The Labute approximate surface area is 99.2 Å². The largest absolute Gasteiger partial charge is 0.398 e. The Bertz CT molecular complexity index is 530. The van der Waals surface area contributed by atoms with Crippen LogP contribution in [0.4, 0.5) is 10.1 Å². The molecule has 3 N–H and O–H groups in total. The standard InChI is InChI=1S/C11H14FNO3S/c12-7-3-4-9(13)8(6-7)11(14)10-2-1-5-17(10,15)16/h3-4,6,10-11,14H,1-2,5,13H2. The quantitative estimate of drug-likeness (QED) is 0.777. The maximum atomic E-state index is 13.1. The van der Waals surface area contributed by atoms with E-state index in [-0.39, 0.29) is 17.0 Å². The van der Waals surface area contributed by atoms with E-state index < -0.39 is 27.0 Å². The predicted molar refractivity (Wildman–Crippen MR) is 62.6 cm³/mol. The zero-order valence-corrected chi connectivity index (χ0v) is 9.95. The lowest BCUT2D eigenvalue weighted by Gasteiger charge is -2.19. The van der Waals surface area contributed by atoms with Crippen molar-refractivity contribution in [3.05, 3.63) is 29.6 Å². The van der Waals surface area contributed by atoms with Gasteiger partial charge in [-0.2, -0.15) is 0 Å². The highest BCUT2D eigenvalue weighted by Crippen LogP contribution is 2.34. The Morgan fingerprint density at radius 3 is 2.76 bits per heavy atom. The average Bonchev–Trinajstić information content (AvgIpc) is 2.61. The van der Waals surface area contributed by atoms with Gasteiger partial charge in [0.2, 0.25) is 0 Å². The lowest BCUT2D eigenvalue weighted by molar-refractivity contribution is 0.170. The van der Waals surface area contributed by atoms with Crippen molar-refractivity contribution in [2.45, 2.75) is 24.2 Å². The van der Waals surface area contributed by atoms with Gasteiger partial charge in [0, 0.05) is 11.3 Å². The molecule has 1 fully saturated rings. The third kappa shape index (κ3) is 2.28. The molecule has 0 amide bonds. The molecule has 2 rings (SSSR count). The van der Waals surface area contributed by atoms with E-state index in [0.717, 1.165) is 6.07 Å². The molecule has 2 atom stereocenters. The molecule has 0 radical (unpaired) electrons. The van der Waals surface area contributed by atoms with E-state index in [4.69, 9.17) is 5.73 Å². The molecule has 1 aromatic carbocycles. The van der Waals surface area contributed by atoms with Crippen molar-refractivity contribution < 1.29 is 17.9 Å². The van der Waals surface area contributed by atoms with Crippen LogP contribution < -0.4 is 5.73 Å². The van der Waals surface area contributed by atoms with Crippen molar-refractivity contribution in [2.24, 2.45) is 0 Å². The van der Waals surface area contributed by atoms with E-state index in [1.54, 1.807) is 0 Å². The molecular weight excluding hydrogens is 245 g/mol. The minimum atomic E-state index is -3.29. The highest BCUT2D eigenvalue weighted by Gasteiger charge is 2.38. The SMILES string of the molecule is Nc1ccc(F)cc1C(O)C1CCCS1(=O)=O. The fourth-order valence-electron chi connectivity index (χ4n) is 2.17. The number of sulfone groups is 1. The molecule has 0 aliphatic carbocycles. The molecule has 6 heteroatoms. The van der Waals surface area contributed by atoms with Gasteiger partial charge in [-0.05, 0) is 31.0 Å². The second-order valence-electron chi connectivity index (χ2n) is 4.27. The summed E-state index contributed by atoms with van der Waals surface area (Å²) in [5.41, 5.74) is 5.99. The van der Waals surface area contributed by atoms with E-state index in [1.165, 1.54) is 12.1 Å². The lowest BCUT2D eigenvalue weighted by Crippen LogP contribution is -2.25. The molecule has 1 heterocycles. The summed E-state index contributed by atoms with van der Waals surface area (Å²) in [6.07, 6.45) is -0.336. The minimum Gasteiger partial charge on any atom is -0.398 e. The highest BCUT2D eigenvalue weighted by molar-refractivity contribution is 7.92. The van der Waals surface area contributed by atoms with Gasteiger partial charge in [0.1, 0.15) is 5.82 Å². The van der Waals surface area contributed by atoms with Gasteiger partial charge in [-0.1, -0.05) is 0 Å². The number of hydrogen-bond acceptors (Lipinski definition) is 4. The van der Waals surface area contributed by atoms with Gasteiger partial charge in [0.05, 0.1) is 17.1 Å². The number of nitrogen functional groups attached to an aromatic ring is 1. The van der Waals surface area contributed by atoms with Crippen molar-refractivity contribution in [3.63, 3.8) is 0 Å². The summed E-state index contributed by atoms with van der Waals surface area (Å²) in [7, 11) is -3.29. The van der Waals surface area contributed by atoms with Crippen LogP contribution in [0.5, 0.6) is 0 Å². The molecule has 2 unspecified atom stereocenters. The van der Waals surface area contributed by atoms with Gasteiger partial charge >= 0.3 is 0 Å². The Hall–Kier alpha value is -1.14. The minimum absolute atomic E-state index is 0.0734. The maximum absolute atomic E-state index is 13.1. The second kappa shape index (κ2) is 4.27. The molecular formula is C11H14FNO3S. The number of halogens is 1. The summed E-state index contributed by atoms with van der Waals surface area (Å²) in [5.74, 6) is -0.465. The molecule has 17 heavy (non-hydrogen) atoms. The summed E-state index contributed by atoms with van der Waals surface area (Å²) >= 11 is 0. The van der Waals surface area contributed by atoms with Crippen LogP contribution in [0.1, 0.15) is 24.5 Å². The van der Waals surface area contributed by atoms with Crippen LogP contribution in [0.3, 0.4) is 0 Å². The third-order valence-corrected chi connectivity index (χ3v) is 5.37. The predicted octanol–water partition coefficient (Wildman–Crippen LogP) is 1.02. The fraction of sp³-hybridized carbons (Fsp3) is 0.455. The van der Waals surface area contributed by atoms with Crippen LogP contribution in [-0.2, 0) is 9.84 Å². The number of anilines is 1. The molecule has 94 valence electrons. The molecule has 1 aliphatic rings. The number of aliphatic hydroxyl groups is 1. The van der Waals surface area contributed by atoms with Crippen LogP contribution in [0.15, 0.2) is 18.2 Å². The van der Waals surface area contributed by atoms with Crippen molar-refractivity contribution in [1.82, 2.24) is 0 Å². The Morgan fingerprint density at radius 1 is 1.47 bits per heavy atom. The van der Waals surface area contributed by atoms with Crippen molar-refractivity contribution in [2.75, 3.05) is 11.5 Å². The second-order valence-corrected chi connectivity index (χ2v) is 6.61. The lowest BCUT2D eigenvalue weighted by atomic mass is 10.0. The van der Waals surface area contributed by atoms with Crippen LogP contribution >= 0.6 is 0 Å². The average molecular weight is 259 g/mol. The van der Waals surface area contributed by atoms with Gasteiger partial charge in [-0.15, -0.1) is 0 Å². The van der Waals surface area contributed by atoms with Gasteiger partial charge in [0.25, 0.3) is 0 Å². The zero-order valence-electron chi connectivity index (χ0n) is 9.14. The third-order valence-electron chi connectivity index (χ3n) is 3.10. The van der Waals surface area contributed by atoms with Gasteiger partial charge < -0.3 is 10.8 Å².